The van der Waals surface area contributed by atoms with Crippen LogP contribution < -0.4 is 10.2 Å². The molecule has 0 aromatic heterocycles. The summed E-state index contributed by atoms with van der Waals surface area (Å²) in [5.41, 5.74) is 3.42. The van der Waals surface area contributed by atoms with Gasteiger partial charge in [0.1, 0.15) is 0 Å². The maximum Gasteiger partial charge on any atom is 0.0643 e. The Morgan fingerprint density at radius 1 is 1.50 bits per heavy atom. The Labute approximate surface area is 116 Å². The molecule has 3 heteroatoms. The molecule has 100 valence electrons. The molecule has 0 heterocycles. The van der Waals surface area contributed by atoms with E-state index in [1.807, 2.05) is 20.0 Å². The summed E-state index contributed by atoms with van der Waals surface area (Å²) in [6.07, 6.45) is 0. The van der Waals surface area contributed by atoms with Crippen LogP contribution in [0, 0.1) is 0 Å². The molecule has 0 radical (unpaired) electrons. The molecule has 0 aliphatic rings. The summed E-state index contributed by atoms with van der Waals surface area (Å²) in [5.74, 6) is 0. The van der Waals surface area contributed by atoms with Crippen LogP contribution in [0.5, 0.6) is 0 Å². The number of nitrogens with one attached hydrogen (secondary N) is 1. The van der Waals surface area contributed by atoms with E-state index in [9.17, 15) is 0 Å². The number of nitrogens with zero attached hydrogens (tertiary/aromatic N) is 1. The van der Waals surface area contributed by atoms with Crippen molar-refractivity contribution in [3.05, 3.63) is 40.9 Å². The molecule has 0 amide bonds. The highest BCUT2D eigenvalue weighted by Gasteiger charge is 2.11. The van der Waals surface area contributed by atoms with Crippen LogP contribution in [0.15, 0.2) is 30.4 Å². The SMILES string of the molecule is C=C(C)CN(CC)c1ccc(C(C)NC)cc1Cl. The van der Waals surface area contributed by atoms with Gasteiger partial charge in [0.05, 0.1) is 10.7 Å². The van der Waals surface area contributed by atoms with Gasteiger partial charge in [0.15, 0.2) is 0 Å². The van der Waals surface area contributed by atoms with Gasteiger partial charge < -0.3 is 10.2 Å². The Kier molecular flexibility index (Phi) is 5.70. The minimum absolute atomic E-state index is 0.313. The van der Waals surface area contributed by atoms with Gasteiger partial charge in [-0.05, 0) is 45.5 Å². The predicted molar refractivity (Wildman–Crippen MR) is 81.6 cm³/mol. The second-order valence-corrected chi connectivity index (χ2v) is 5.10. The Hall–Kier alpha value is -0.990. The number of anilines is 1. The Balaban J connectivity index is 2.99. The summed E-state index contributed by atoms with van der Waals surface area (Å²) in [6.45, 7) is 12.0. The van der Waals surface area contributed by atoms with Gasteiger partial charge in [-0.1, -0.05) is 29.8 Å². The fraction of sp³-hybridized carbons (Fsp3) is 0.467. The highest BCUT2D eigenvalue weighted by molar-refractivity contribution is 6.33. The van der Waals surface area contributed by atoms with Crippen molar-refractivity contribution in [1.29, 1.82) is 0 Å². The Bertz CT molecular complexity index is 415. The standard InChI is InChI=1S/C15H23ClN2/c1-6-18(10-11(2)3)15-8-7-13(9-14(15)16)12(4)17-5/h7-9,12,17H,2,6,10H2,1,3-5H3. The van der Waals surface area contributed by atoms with Gasteiger partial charge in [-0.15, -0.1) is 0 Å². The molecular weight excluding hydrogens is 244 g/mol. The summed E-state index contributed by atoms with van der Waals surface area (Å²) in [7, 11) is 1.95. The van der Waals surface area contributed by atoms with Crippen molar-refractivity contribution in [1.82, 2.24) is 5.32 Å². The van der Waals surface area contributed by atoms with E-state index in [-0.39, 0.29) is 0 Å². The van der Waals surface area contributed by atoms with Crippen LogP contribution in [0.3, 0.4) is 0 Å². The predicted octanol–water partition coefficient (Wildman–Crippen LogP) is 4.02. The molecule has 0 aliphatic carbocycles. The summed E-state index contributed by atoms with van der Waals surface area (Å²) >= 11 is 6.39. The fourth-order valence-electron chi connectivity index (χ4n) is 1.91. The van der Waals surface area contributed by atoms with E-state index >= 15 is 0 Å². The zero-order chi connectivity index (χ0) is 13.7. The Morgan fingerprint density at radius 3 is 2.61 bits per heavy atom. The van der Waals surface area contributed by atoms with E-state index in [2.05, 4.69) is 42.8 Å². The zero-order valence-corrected chi connectivity index (χ0v) is 12.5. The van der Waals surface area contributed by atoms with Crippen molar-refractivity contribution in [3.8, 4) is 0 Å². The van der Waals surface area contributed by atoms with E-state index in [0.717, 1.165) is 29.4 Å². The number of hydrogen-bond donors (Lipinski definition) is 1. The molecular formula is C15H23ClN2. The van der Waals surface area contributed by atoms with Gasteiger partial charge >= 0.3 is 0 Å². The van der Waals surface area contributed by atoms with Crippen molar-refractivity contribution in [2.75, 3.05) is 25.0 Å². The highest BCUT2D eigenvalue weighted by atomic mass is 35.5. The normalized spacial score (nSPS) is 12.3. The van der Waals surface area contributed by atoms with Crippen molar-refractivity contribution >= 4 is 17.3 Å². The quantitative estimate of drug-likeness (QED) is 0.783. The third kappa shape index (κ3) is 3.76. The summed E-state index contributed by atoms with van der Waals surface area (Å²) < 4.78 is 0. The minimum atomic E-state index is 0.313. The Morgan fingerprint density at radius 2 is 2.17 bits per heavy atom. The zero-order valence-electron chi connectivity index (χ0n) is 11.8. The van der Waals surface area contributed by atoms with Crippen molar-refractivity contribution < 1.29 is 0 Å². The lowest BCUT2D eigenvalue weighted by atomic mass is 10.1. The monoisotopic (exact) mass is 266 g/mol. The highest BCUT2D eigenvalue weighted by Crippen LogP contribution is 2.29. The molecule has 1 N–H and O–H groups in total. The molecule has 0 saturated carbocycles. The molecule has 0 saturated heterocycles. The van der Waals surface area contributed by atoms with Gasteiger partial charge in [-0.2, -0.15) is 0 Å². The molecule has 1 aromatic carbocycles. The molecule has 2 nitrogen and oxygen atoms in total. The molecule has 0 spiro atoms. The van der Waals surface area contributed by atoms with E-state index in [1.54, 1.807) is 0 Å². The first-order chi connectivity index (χ1) is 8.49. The van der Waals surface area contributed by atoms with E-state index in [0.29, 0.717) is 6.04 Å². The van der Waals surface area contributed by atoms with Crippen molar-refractivity contribution in [3.63, 3.8) is 0 Å². The van der Waals surface area contributed by atoms with Gasteiger partial charge in [-0.25, -0.2) is 0 Å². The van der Waals surface area contributed by atoms with Gasteiger partial charge in [0, 0.05) is 19.1 Å². The molecule has 1 rings (SSSR count). The molecule has 1 aromatic rings. The largest absolute Gasteiger partial charge is 0.367 e. The number of likely N-dealkylation sites (N-methyl/N-ethyl adjacent to an activating group) is 1. The van der Waals surface area contributed by atoms with Crippen LogP contribution >= 0.6 is 11.6 Å². The minimum Gasteiger partial charge on any atom is -0.367 e. The second kappa shape index (κ2) is 6.81. The van der Waals surface area contributed by atoms with Crippen LogP contribution in [0.2, 0.25) is 5.02 Å². The maximum atomic E-state index is 6.39. The summed E-state index contributed by atoms with van der Waals surface area (Å²) in [5, 5.41) is 4.02. The number of rotatable bonds is 6. The third-order valence-corrected chi connectivity index (χ3v) is 3.39. The molecule has 18 heavy (non-hydrogen) atoms. The van der Waals surface area contributed by atoms with E-state index < -0.39 is 0 Å². The van der Waals surface area contributed by atoms with Crippen LogP contribution in [0.4, 0.5) is 5.69 Å². The average molecular weight is 267 g/mol. The fourth-order valence-corrected chi connectivity index (χ4v) is 2.22. The third-order valence-electron chi connectivity index (χ3n) is 3.09. The van der Waals surface area contributed by atoms with Crippen LogP contribution in [0.25, 0.3) is 0 Å². The molecule has 1 atom stereocenters. The van der Waals surface area contributed by atoms with Crippen LogP contribution in [-0.4, -0.2) is 20.1 Å². The van der Waals surface area contributed by atoms with Gasteiger partial charge in [0.25, 0.3) is 0 Å². The maximum absolute atomic E-state index is 6.39. The summed E-state index contributed by atoms with van der Waals surface area (Å²) in [4.78, 5) is 2.23. The smallest absolute Gasteiger partial charge is 0.0643 e. The van der Waals surface area contributed by atoms with Gasteiger partial charge in [-0.3, -0.25) is 0 Å². The first-order valence-corrected chi connectivity index (χ1v) is 6.73. The molecule has 0 bridgehead atoms. The lowest BCUT2D eigenvalue weighted by molar-refractivity contribution is 0.652. The van der Waals surface area contributed by atoms with E-state index in [4.69, 9.17) is 11.6 Å². The van der Waals surface area contributed by atoms with Crippen molar-refractivity contribution in [2.45, 2.75) is 26.8 Å². The number of halogens is 1. The summed E-state index contributed by atoms with van der Waals surface area (Å²) in [6, 6.07) is 6.58. The van der Waals surface area contributed by atoms with Crippen LogP contribution in [-0.2, 0) is 0 Å². The molecule has 1 unspecified atom stereocenters. The molecule has 0 fully saturated rings. The van der Waals surface area contributed by atoms with Crippen molar-refractivity contribution in [2.24, 2.45) is 0 Å². The second-order valence-electron chi connectivity index (χ2n) is 4.69. The lowest BCUT2D eigenvalue weighted by Gasteiger charge is -2.25. The number of hydrogen-bond acceptors (Lipinski definition) is 2. The van der Waals surface area contributed by atoms with Gasteiger partial charge in [0.2, 0.25) is 0 Å². The average Bonchev–Trinajstić information content (AvgIpc) is 2.35. The number of benzene rings is 1. The van der Waals surface area contributed by atoms with E-state index in [1.165, 1.54) is 5.56 Å². The molecule has 0 aliphatic heterocycles. The van der Waals surface area contributed by atoms with Crippen LogP contribution in [0.1, 0.15) is 32.4 Å². The lowest BCUT2D eigenvalue weighted by Crippen LogP contribution is -2.24. The topological polar surface area (TPSA) is 15.3 Å². The first kappa shape index (κ1) is 15.1. The first-order valence-electron chi connectivity index (χ1n) is 6.35.